The van der Waals surface area contributed by atoms with Crippen molar-refractivity contribution in [2.75, 3.05) is 19.4 Å². The fourth-order valence-electron chi connectivity index (χ4n) is 2.51. The van der Waals surface area contributed by atoms with E-state index in [9.17, 15) is 13.2 Å². The monoisotopic (exact) mass is 384 g/mol. The van der Waals surface area contributed by atoms with Gasteiger partial charge in [-0.15, -0.1) is 0 Å². The number of hydrogen-bond donors (Lipinski definition) is 1. The van der Waals surface area contributed by atoms with Crippen molar-refractivity contribution >= 4 is 21.6 Å². The molecule has 8 heteroatoms. The van der Waals surface area contributed by atoms with E-state index in [0.717, 1.165) is 15.6 Å². The SMILES string of the molecule is CN(C)S(=O)(=O)c1cccc(NC(=O)Cc2cnn(-c3ccccc3)c2)c1. The van der Waals surface area contributed by atoms with Gasteiger partial charge in [-0.05, 0) is 35.9 Å². The molecule has 1 amide bonds. The van der Waals surface area contributed by atoms with Crippen LogP contribution in [0.3, 0.4) is 0 Å². The molecule has 3 aromatic rings. The molecular formula is C19H20N4O3S. The minimum absolute atomic E-state index is 0.127. The number of hydrogen-bond acceptors (Lipinski definition) is 4. The van der Waals surface area contributed by atoms with Gasteiger partial charge in [-0.2, -0.15) is 5.10 Å². The van der Waals surface area contributed by atoms with Crippen LogP contribution in [0.2, 0.25) is 0 Å². The summed E-state index contributed by atoms with van der Waals surface area (Å²) in [6.07, 6.45) is 3.57. The highest BCUT2D eigenvalue weighted by molar-refractivity contribution is 7.89. The van der Waals surface area contributed by atoms with Gasteiger partial charge in [-0.3, -0.25) is 4.79 Å². The number of aromatic nitrogens is 2. The summed E-state index contributed by atoms with van der Waals surface area (Å²) in [5.74, 6) is -0.248. The smallest absolute Gasteiger partial charge is 0.242 e. The summed E-state index contributed by atoms with van der Waals surface area (Å²) in [5, 5.41) is 7.00. The molecule has 0 aliphatic rings. The number of sulfonamides is 1. The molecule has 0 bridgehead atoms. The lowest BCUT2D eigenvalue weighted by Crippen LogP contribution is -2.22. The number of rotatable bonds is 6. The molecule has 3 rings (SSSR count). The Kier molecular flexibility index (Phi) is 5.38. The molecule has 0 radical (unpaired) electrons. The minimum atomic E-state index is -3.55. The first-order valence-electron chi connectivity index (χ1n) is 8.28. The zero-order valence-corrected chi connectivity index (χ0v) is 15.8. The van der Waals surface area contributed by atoms with Crippen LogP contribution in [0.4, 0.5) is 5.69 Å². The molecule has 1 heterocycles. The summed E-state index contributed by atoms with van der Waals surface area (Å²) < 4.78 is 27.2. The van der Waals surface area contributed by atoms with E-state index in [4.69, 9.17) is 0 Å². The standard InChI is InChI=1S/C19H20N4O3S/c1-22(2)27(25,26)18-10-6-7-16(12-18)21-19(24)11-15-13-20-23(14-15)17-8-4-3-5-9-17/h3-10,12-14H,11H2,1-2H3,(H,21,24). The molecule has 1 N–H and O–H groups in total. The second-order valence-electron chi connectivity index (χ2n) is 6.17. The van der Waals surface area contributed by atoms with Gasteiger partial charge in [0.2, 0.25) is 15.9 Å². The first-order chi connectivity index (χ1) is 12.9. The van der Waals surface area contributed by atoms with Crippen molar-refractivity contribution in [1.29, 1.82) is 0 Å². The second kappa shape index (κ2) is 7.73. The Morgan fingerprint density at radius 3 is 2.56 bits per heavy atom. The molecule has 0 aliphatic carbocycles. The van der Waals surface area contributed by atoms with Gasteiger partial charge >= 0.3 is 0 Å². The number of carbonyl (C=O) groups is 1. The second-order valence-corrected chi connectivity index (χ2v) is 8.32. The van der Waals surface area contributed by atoms with Crippen LogP contribution in [0, 0.1) is 0 Å². The lowest BCUT2D eigenvalue weighted by molar-refractivity contribution is -0.115. The van der Waals surface area contributed by atoms with Gasteiger partial charge in [0.1, 0.15) is 0 Å². The third-order valence-electron chi connectivity index (χ3n) is 3.92. The highest BCUT2D eigenvalue weighted by Gasteiger charge is 2.17. The summed E-state index contributed by atoms with van der Waals surface area (Å²) in [6, 6.07) is 15.8. The number of nitrogens with one attached hydrogen (secondary N) is 1. The molecule has 0 unspecified atom stereocenters. The first-order valence-corrected chi connectivity index (χ1v) is 9.72. The molecule has 2 aromatic carbocycles. The molecule has 0 spiro atoms. The Balaban J connectivity index is 1.69. The van der Waals surface area contributed by atoms with Gasteiger partial charge in [-0.1, -0.05) is 24.3 Å². The number of amides is 1. The van der Waals surface area contributed by atoms with Crippen molar-refractivity contribution < 1.29 is 13.2 Å². The van der Waals surface area contributed by atoms with E-state index >= 15 is 0 Å². The van der Waals surface area contributed by atoms with Crippen LogP contribution in [0.25, 0.3) is 5.69 Å². The summed E-state index contributed by atoms with van der Waals surface area (Å²) >= 11 is 0. The average molecular weight is 384 g/mol. The molecule has 27 heavy (non-hydrogen) atoms. The molecular weight excluding hydrogens is 364 g/mol. The van der Waals surface area contributed by atoms with Crippen molar-refractivity contribution in [3.8, 4) is 5.69 Å². The molecule has 0 fully saturated rings. The van der Waals surface area contributed by atoms with Gasteiger partial charge < -0.3 is 5.32 Å². The van der Waals surface area contributed by atoms with Crippen LogP contribution in [0.15, 0.2) is 71.9 Å². The van der Waals surface area contributed by atoms with Crippen molar-refractivity contribution in [1.82, 2.24) is 14.1 Å². The summed E-state index contributed by atoms with van der Waals surface area (Å²) in [4.78, 5) is 12.4. The average Bonchev–Trinajstić information content (AvgIpc) is 3.11. The quantitative estimate of drug-likeness (QED) is 0.707. The number of carbonyl (C=O) groups excluding carboxylic acids is 1. The van der Waals surface area contributed by atoms with Gasteiger partial charge in [0, 0.05) is 26.0 Å². The van der Waals surface area contributed by atoms with Gasteiger partial charge in [0.05, 0.1) is 23.2 Å². The summed E-state index contributed by atoms with van der Waals surface area (Å²) in [5.41, 5.74) is 2.09. The van der Waals surface area contributed by atoms with Crippen LogP contribution >= 0.6 is 0 Å². The predicted molar refractivity (Wildman–Crippen MR) is 103 cm³/mol. The van der Waals surface area contributed by atoms with Crippen molar-refractivity contribution in [3.05, 3.63) is 72.6 Å². The molecule has 140 valence electrons. The molecule has 0 saturated heterocycles. The highest BCUT2D eigenvalue weighted by atomic mass is 32.2. The first kappa shape index (κ1) is 18.8. The van der Waals surface area contributed by atoms with Crippen LogP contribution in [-0.2, 0) is 21.2 Å². The summed E-state index contributed by atoms with van der Waals surface area (Å²) in [6.45, 7) is 0. The van der Waals surface area contributed by atoms with E-state index in [2.05, 4.69) is 10.4 Å². The molecule has 7 nitrogen and oxygen atoms in total. The highest BCUT2D eigenvalue weighted by Crippen LogP contribution is 2.18. The van der Waals surface area contributed by atoms with E-state index in [0.29, 0.717) is 5.69 Å². The number of benzene rings is 2. The van der Waals surface area contributed by atoms with E-state index in [1.165, 1.54) is 26.2 Å². The van der Waals surface area contributed by atoms with E-state index in [1.807, 2.05) is 30.3 Å². The zero-order valence-electron chi connectivity index (χ0n) is 15.0. The molecule has 0 atom stereocenters. The lowest BCUT2D eigenvalue weighted by Gasteiger charge is -2.12. The fraction of sp³-hybridized carbons (Fsp3) is 0.158. The largest absolute Gasteiger partial charge is 0.326 e. The summed E-state index contributed by atoms with van der Waals surface area (Å²) in [7, 11) is -0.626. The van der Waals surface area contributed by atoms with Crippen molar-refractivity contribution in [3.63, 3.8) is 0 Å². The normalized spacial score (nSPS) is 11.5. The lowest BCUT2D eigenvalue weighted by atomic mass is 10.2. The Labute approximate surface area is 158 Å². The van der Waals surface area contributed by atoms with E-state index in [-0.39, 0.29) is 17.2 Å². The van der Waals surface area contributed by atoms with Crippen molar-refractivity contribution in [2.24, 2.45) is 0 Å². The van der Waals surface area contributed by atoms with Crippen LogP contribution in [0.1, 0.15) is 5.56 Å². The van der Waals surface area contributed by atoms with Gasteiger partial charge in [0.15, 0.2) is 0 Å². The number of para-hydroxylation sites is 1. The minimum Gasteiger partial charge on any atom is -0.326 e. The van der Waals surface area contributed by atoms with E-state index in [1.54, 1.807) is 29.2 Å². The Morgan fingerprint density at radius 1 is 1.11 bits per heavy atom. The van der Waals surface area contributed by atoms with Gasteiger partial charge in [0.25, 0.3) is 0 Å². The van der Waals surface area contributed by atoms with Crippen LogP contribution in [0.5, 0.6) is 0 Å². The van der Waals surface area contributed by atoms with Crippen LogP contribution in [-0.4, -0.2) is 42.5 Å². The predicted octanol–water partition coefficient (Wildman–Crippen LogP) is 2.30. The fourth-order valence-corrected chi connectivity index (χ4v) is 3.46. The van der Waals surface area contributed by atoms with Crippen molar-refractivity contribution in [2.45, 2.75) is 11.3 Å². The van der Waals surface area contributed by atoms with E-state index < -0.39 is 10.0 Å². The topological polar surface area (TPSA) is 84.3 Å². The maximum atomic E-state index is 12.3. The third-order valence-corrected chi connectivity index (χ3v) is 5.73. The number of nitrogens with zero attached hydrogens (tertiary/aromatic N) is 3. The van der Waals surface area contributed by atoms with Crippen LogP contribution < -0.4 is 5.32 Å². The Bertz CT molecular complexity index is 1040. The van der Waals surface area contributed by atoms with Gasteiger partial charge in [-0.25, -0.2) is 17.4 Å². The third kappa shape index (κ3) is 4.42. The Morgan fingerprint density at radius 2 is 1.85 bits per heavy atom. The molecule has 0 aliphatic heterocycles. The zero-order chi connectivity index (χ0) is 19.4. The maximum absolute atomic E-state index is 12.3. The number of anilines is 1. The molecule has 1 aromatic heterocycles. The maximum Gasteiger partial charge on any atom is 0.242 e. The molecule has 0 saturated carbocycles. The Hall–Kier alpha value is -2.97.